The molecule has 0 aliphatic rings. The fourth-order valence-corrected chi connectivity index (χ4v) is 5.90. The van der Waals surface area contributed by atoms with Crippen LogP contribution in [0, 0.1) is 11.8 Å². The molecule has 0 saturated carbocycles. The maximum Gasteiger partial charge on any atom is 0.495 e. The Labute approximate surface area is 115 Å². The standard InChI is InChI=1S/C11H22N2O4S2/c1-5-9(3)7-18(14,15)11(13-12)19(16,17)8-10(4)6-2/h9-10H,5-8H2,1-4H3. The van der Waals surface area contributed by atoms with E-state index in [9.17, 15) is 16.8 Å². The van der Waals surface area contributed by atoms with Crippen molar-refractivity contribution in [1.82, 2.24) is 0 Å². The second kappa shape index (κ2) is 7.17. The minimum absolute atomic E-state index is 0.194. The van der Waals surface area contributed by atoms with Gasteiger partial charge in [-0.3, -0.25) is 0 Å². The summed E-state index contributed by atoms with van der Waals surface area (Å²) in [7, 11) is -8.17. The van der Waals surface area contributed by atoms with E-state index < -0.39 is 24.1 Å². The van der Waals surface area contributed by atoms with Crippen LogP contribution in [0.2, 0.25) is 0 Å². The molecule has 0 amide bonds. The van der Waals surface area contributed by atoms with E-state index >= 15 is 0 Å². The van der Waals surface area contributed by atoms with E-state index in [1.807, 2.05) is 13.8 Å². The van der Waals surface area contributed by atoms with Crippen molar-refractivity contribution in [2.24, 2.45) is 11.8 Å². The van der Waals surface area contributed by atoms with Gasteiger partial charge in [0.1, 0.15) is 0 Å². The summed E-state index contributed by atoms with van der Waals surface area (Å²) >= 11 is 0. The first-order chi connectivity index (χ1) is 8.60. The molecule has 19 heavy (non-hydrogen) atoms. The molecule has 0 aromatic carbocycles. The van der Waals surface area contributed by atoms with Gasteiger partial charge in [0.25, 0.3) is 19.7 Å². The van der Waals surface area contributed by atoms with Crippen molar-refractivity contribution >= 4 is 24.1 Å². The molecule has 0 spiro atoms. The predicted molar refractivity (Wildman–Crippen MR) is 75.1 cm³/mol. The molecule has 2 atom stereocenters. The summed E-state index contributed by atoms with van der Waals surface area (Å²) in [6.07, 6.45) is 1.20. The molecule has 6 nitrogen and oxygen atoms in total. The summed E-state index contributed by atoms with van der Waals surface area (Å²) in [6.45, 7) is 7.02. The third kappa shape index (κ3) is 5.42. The summed E-state index contributed by atoms with van der Waals surface area (Å²) < 4.78 is 46.8. The molecule has 0 aromatic rings. The molecule has 112 valence electrons. The normalized spacial score (nSPS) is 15.6. The highest BCUT2D eigenvalue weighted by atomic mass is 32.3. The van der Waals surface area contributed by atoms with Gasteiger partial charge in [-0.1, -0.05) is 40.5 Å². The first-order valence-corrected chi connectivity index (χ1v) is 9.58. The maximum atomic E-state index is 12.0. The zero-order valence-electron chi connectivity index (χ0n) is 11.8. The zero-order valence-corrected chi connectivity index (χ0v) is 13.5. The molecule has 0 aliphatic heterocycles. The molecule has 0 fully saturated rings. The lowest BCUT2D eigenvalue weighted by Gasteiger charge is -2.09. The number of nitrogens with zero attached hydrogens (tertiary/aromatic N) is 2. The van der Waals surface area contributed by atoms with Crippen LogP contribution in [-0.4, -0.2) is 37.5 Å². The summed E-state index contributed by atoms with van der Waals surface area (Å²) in [6, 6.07) is 0. The monoisotopic (exact) mass is 310 g/mol. The van der Waals surface area contributed by atoms with Crippen molar-refractivity contribution in [3.8, 4) is 0 Å². The first kappa shape index (κ1) is 18.3. The van der Waals surface area contributed by atoms with Gasteiger partial charge in [-0.15, -0.1) is 4.79 Å². The molecular formula is C11H22N2O4S2. The fraction of sp³-hybridized carbons (Fsp3) is 0.909. The van der Waals surface area contributed by atoms with E-state index in [2.05, 4.69) is 4.79 Å². The van der Waals surface area contributed by atoms with E-state index in [0.717, 1.165) is 0 Å². The molecule has 0 bridgehead atoms. The van der Waals surface area contributed by atoms with Crippen LogP contribution >= 0.6 is 0 Å². The summed E-state index contributed by atoms with van der Waals surface area (Å²) in [5, 5.41) is 0. The van der Waals surface area contributed by atoms with Gasteiger partial charge in [-0.2, -0.15) is 0 Å². The lowest BCUT2D eigenvalue weighted by molar-refractivity contribution is 0.00375. The van der Waals surface area contributed by atoms with Gasteiger partial charge in [-0.25, -0.2) is 16.8 Å². The van der Waals surface area contributed by atoms with Gasteiger partial charge < -0.3 is 5.53 Å². The molecule has 0 aromatic heterocycles. The second-order valence-electron chi connectivity index (χ2n) is 4.96. The average molecular weight is 310 g/mol. The maximum absolute atomic E-state index is 12.0. The molecule has 8 heteroatoms. The highest BCUT2D eigenvalue weighted by Crippen LogP contribution is 2.13. The van der Waals surface area contributed by atoms with E-state index in [-0.39, 0.29) is 23.3 Å². The Kier molecular flexibility index (Phi) is 6.89. The van der Waals surface area contributed by atoms with Crippen molar-refractivity contribution < 1.29 is 21.6 Å². The van der Waals surface area contributed by atoms with Crippen LogP contribution in [0.15, 0.2) is 0 Å². The quantitative estimate of drug-likeness (QED) is 0.321. The topological polar surface area (TPSA) is 105 Å². The molecule has 0 rings (SSSR count). The number of sulfone groups is 2. The highest BCUT2D eigenvalue weighted by molar-refractivity contribution is 8.31. The second-order valence-corrected chi connectivity index (χ2v) is 9.11. The Morgan fingerprint density at radius 1 is 0.947 bits per heavy atom. The van der Waals surface area contributed by atoms with Crippen LogP contribution in [-0.2, 0) is 19.7 Å². The largest absolute Gasteiger partial charge is 0.495 e. The van der Waals surface area contributed by atoms with Gasteiger partial charge >= 0.3 is 4.38 Å². The van der Waals surface area contributed by atoms with Crippen molar-refractivity contribution in [1.29, 1.82) is 0 Å². The Hall–Kier alpha value is -0.720. The van der Waals surface area contributed by atoms with Crippen LogP contribution in [0.5, 0.6) is 0 Å². The third-order valence-electron chi connectivity index (χ3n) is 3.02. The van der Waals surface area contributed by atoms with Crippen LogP contribution in [0.1, 0.15) is 40.5 Å². The molecule has 0 radical (unpaired) electrons. The van der Waals surface area contributed by atoms with Gasteiger partial charge in [0.15, 0.2) is 0 Å². The Balaban J connectivity index is 5.41. The van der Waals surface area contributed by atoms with Crippen LogP contribution in [0.3, 0.4) is 0 Å². The SMILES string of the molecule is CCC(C)CS(=O)(=O)C(=[N+]=[N-])S(=O)(=O)CC(C)CC. The van der Waals surface area contributed by atoms with E-state index in [4.69, 9.17) is 5.53 Å². The Morgan fingerprint density at radius 2 is 1.26 bits per heavy atom. The minimum Gasteiger partial charge on any atom is -0.359 e. The molecular weight excluding hydrogens is 288 g/mol. The number of hydrogen-bond acceptors (Lipinski definition) is 4. The highest BCUT2D eigenvalue weighted by Gasteiger charge is 2.42. The lowest BCUT2D eigenvalue weighted by atomic mass is 10.2. The van der Waals surface area contributed by atoms with E-state index in [1.54, 1.807) is 13.8 Å². The third-order valence-corrected chi connectivity index (χ3v) is 7.78. The number of rotatable bonds is 6. The number of hydrogen-bond donors (Lipinski definition) is 0. The van der Waals surface area contributed by atoms with Crippen molar-refractivity contribution in [3.63, 3.8) is 0 Å². The Morgan fingerprint density at radius 3 is 1.47 bits per heavy atom. The van der Waals surface area contributed by atoms with Crippen molar-refractivity contribution in [2.45, 2.75) is 40.5 Å². The molecule has 2 unspecified atom stereocenters. The van der Waals surface area contributed by atoms with E-state index in [1.165, 1.54) is 0 Å². The smallest absolute Gasteiger partial charge is 0.359 e. The minimum atomic E-state index is -4.08. The molecule has 0 heterocycles. The van der Waals surface area contributed by atoms with Crippen molar-refractivity contribution in [2.75, 3.05) is 11.5 Å². The van der Waals surface area contributed by atoms with Gasteiger partial charge in [0, 0.05) is 0 Å². The summed E-state index contributed by atoms with van der Waals surface area (Å²) in [4.78, 5) is 2.55. The van der Waals surface area contributed by atoms with Crippen LogP contribution in [0.4, 0.5) is 0 Å². The van der Waals surface area contributed by atoms with E-state index in [0.29, 0.717) is 12.8 Å². The van der Waals surface area contributed by atoms with Crippen LogP contribution < -0.4 is 0 Å². The first-order valence-electron chi connectivity index (χ1n) is 6.28. The predicted octanol–water partition coefficient (Wildman–Crippen LogP) is 1.49. The van der Waals surface area contributed by atoms with Crippen molar-refractivity contribution in [3.05, 3.63) is 5.53 Å². The van der Waals surface area contributed by atoms with Gasteiger partial charge in [-0.05, 0) is 11.8 Å². The summed E-state index contributed by atoms with van der Waals surface area (Å²) in [5.41, 5.74) is 8.80. The Bertz CT molecular complexity index is 501. The molecule has 0 aliphatic carbocycles. The summed E-state index contributed by atoms with van der Waals surface area (Å²) in [5.74, 6) is -1.05. The van der Waals surface area contributed by atoms with Gasteiger partial charge in [0.2, 0.25) is 0 Å². The fourth-order valence-electron chi connectivity index (χ4n) is 1.45. The lowest BCUT2D eigenvalue weighted by Crippen LogP contribution is -2.33. The van der Waals surface area contributed by atoms with Gasteiger partial charge in [0.05, 0.1) is 11.5 Å². The van der Waals surface area contributed by atoms with Crippen LogP contribution in [0.25, 0.3) is 5.53 Å². The zero-order chi connectivity index (χ0) is 15.3. The molecule has 0 saturated heterocycles. The average Bonchev–Trinajstić information content (AvgIpc) is 2.27. The molecule has 0 N–H and O–H groups in total.